The Hall–Kier alpha value is -1.85. The zero-order valence-corrected chi connectivity index (χ0v) is 13.8. The van der Waals surface area contributed by atoms with Crippen molar-refractivity contribution in [1.29, 1.82) is 0 Å². The van der Waals surface area contributed by atoms with Crippen molar-refractivity contribution in [3.05, 3.63) is 52.8 Å². The number of carbonyl (C=O) groups excluding carboxylic acids is 1. The predicted molar refractivity (Wildman–Crippen MR) is 88.0 cm³/mol. The molecule has 1 aromatic carbocycles. The Bertz CT molecular complexity index is 621. The average molecular weight is 321 g/mol. The molecular formula is C16H21ClN4O. The number of hydrogen-bond acceptors (Lipinski definition) is 3. The van der Waals surface area contributed by atoms with Crippen molar-refractivity contribution < 1.29 is 4.79 Å². The Morgan fingerprint density at radius 2 is 2.00 bits per heavy atom. The molecule has 0 aliphatic rings. The van der Waals surface area contributed by atoms with E-state index >= 15 is 0 Å². The monoisotopic (exact) mass is 320 g/mol. The molecule has 0 radical (unpaired) electrons. The van der Waals surface area contributed by atoms with Crippen molar-refractivity contribution in [2.45, 2.75) is 12.5 Å². The number of aromatic nitrogens is 2. The normalized spacial score (nSPS) is 12.4. The van der Waals surface area contributed by atoms with Crippen LogP contribution in [0.25, 0.3) is 0 Å². The molecule has 0 saturated carbocycles. The van der Waals surface area contributed by atoms with Gasteiger partial charge in [-0.3, -0.25) is 9.48 Å². The molecule has 2 rings (SSSR count). The Labute approximate surface area is 135 Å². The molecule has 6 heteroatoms. The first-order valence-electron chi connectivity index (χ1n) is 7.16. The maximum absolute atomic E-state index is 12.4. The van der Waals surface area contributed by atoms with Crippen molar-refractivity contribution in [2.75, 3.05) is 20.6 Å². The van der Waals surface area contributed by atoms with Gasteiger partial charge in [-0.2, -0.15) is 5.10 Å². The van der Waals surface area contributed by atoms with Gasteiger partial charge in [-0.05, 0) is 50.8 Å². The fourth-order valence-corrected chi connectivity index (χ4v) is 2.36. The first kappa shape index (κ1) is 16.5. The van der Waals surface area contributed by atoms with Crippen molar-refractivity contribution in [1.82, 2.24) is 20.0 Å². The summed E-state index contributed by atoms with van der Waals surface area (Å²) in [5.41, 5.74) is 1.59. The van der Waals surface area contributed by atoms with Gasteiger partial charge in [0.2, 0.25) is 0 Å². The lowest BCUT2D eigenvalue weighted by Gasteiger charge is -2.21. The third-order valence-corrected chi connectivity index (χ3v) is 3.75. The van der Waals surface area contributed by atoms with E-state index in [-0.39, 0.29) is 11.9 Å². The standard InChI is InChI=1S/C16H21ClN4O/c1-20(2)11-9-14(12-4-6-13(17)7-5-12)19-16(22)15-8-10-18-21(15)3/h4-8,10,14H,9,11H2,1-3H3,(H,19,22). The second-order valence-electron chi connectivity index (χ2n) is 5.51. The van der Waals surface area contributed by atoms with Gasteiger partial charge in [-0.15, -0.1) is 0 Å². The summed E-state index contributed by atoms with van der Waals surface area (Å²) < 4.78 is 1.57. The molecule has 1 N–H and O–H groups in total. The highest BCUT2D eigenvalue weighted by Crippen LogP contribution is 2.20. The predicted octanol–water partition coefficient (Wildman–Crippen LogP) is 2.50. The molecule has 118 valence electrons. The van der Waals surface area contributed by atoms with Crippen LogP contribution in [0.2, 0.25) is 5.02 Å². The molecule has 0 fully saturated rings. The first-order valence-corrected chi connectivity index (χ1v) is 7.54. The van der Waals surface area contributed by atoms with E-state index in [0.29, 0.717) is 10.7 Å². The largest absolute Gasteiger partial charge is 0.344 e. The number of hydrogen-bond donors (Lipinski definition) is 1. The van der Waals surface area contributed by atoms with Gasteiger partial charge >= 0.3 is 0 Å². The molecule has 1 amide bonds. The molecule has 1 heterocycles. The van der Waals surface area contributed by atoms with Gasteiger partial charge in [-0.1, -0.05) is 23.7 Å². The topological polar surface area (TPSA) is 50.2 Å². The van der Waals surface area contributed by atoms with Crippen LogP contribution in [-0.2, 0) is 7.05 Å². The summed E-state index contributed by atoms with van der Waals surface area (Å²) >= 11 is 5.94. The molecule has 0 saturated heterocycles. The zero-order valence-electron chi connectivity index (χ0n) is 13.1. The highest BCUT2D eigenvalue weighted by atomic mass is 35.5. The Morgan fingerprint density at radius 1 is 1.32 bits per heavy atom. The summed E-state index contributed by atoms with van der Waals surface area (Å²) in [5.74, 6) is -0.126. The number of amides is 1. The number of benzene rings is 1. The number of nitrogens with zero attached hydrogens (tertiary/aromatic N) is 3. The van der Waals surface area contributed by atoms with Gasteiger partial charge in [0, 0.05) is 18.3 Å². The lowest BCUT2D eigenvalue weighted by Crippen LogP contribution is -2.32. The molecule has 0 aliphatic carbocycles. The first-order chi connectivity index (χ1) is 10.5. The molecule has 1 aromatic heterocycles. The minimum atomic E-state index is -0.126. The fourth-order valence-electron chi connectivity index (χ4n) is 2.23. The van der Waals surface area contributed by atoms with Crippen molar-refractivity contribution in [2.24, 2.45) is 7.05 Å². The molecule has 1 unspecified atom stereocenters. The number of halogens is 1. The molecule has 22 heavy (non-hydrogen) atoms. The lowest BCUT2D eigenvalue weighted by atomic mass is 10.0. The Morgan fingerprint density at radius 3 is 2.55 bits per heavy atom. The van der Waals surface area contributed by atoms with E-state index in [1.165, 1.54) is 0 Å². The van der Waals surface area contributed by atoms with Crippen LogP contribution >= 0.6 is 11.6 Å². The van der Waals surface area contributed by atoms with E-state index in [9.17, 15) is 4.79 Å². The van der Waals surface area contributed by atoms with Crippen LogP contribution in [0, 0.1) is 0 Å². The third kappa shape index (κ3) is 4.32. The second-order valence-corrected chi connectivity index (χ2v) is 5.95. The number of nitrogens with one attached hydrogen (secondary N) is 1. The van der Waals surface area contributed by atoms with Crippen LogP contribution < -0.4 is 5.32 Å². The highest BCUT2D eigenvalue weighted by Gasteiger charge is 2.18. The van der Waals surface area contributed by atoms with Crippen molar-refractivity contribution >= 4 is 17.5 Å². The summed E-state index contributed by atoms with van der Waals surface area (Å²) in [6, 6.07) is 9.23. The van der Waals surface area contributed by atoms with Crippen molar-refractivity contribution in [3.8, 4) is 0 Å². The molecule has 0 spiro atoms. The van der Waals surface area contributed by atoms with Crippen molar-refractivity contribution in [3.63, 3.8) is 0 Å². The van der Waals surface area contributed by atoms with Crippen LogP contribution in [0.3, 0.4) is 0 Å². The maximum atomic E-state index is 12.4. The van der Waals surface area contributed by atoms with Gasteiger partial charge < -0.3 is 10.2 Å². The maximum Gasteiger partial charge on any atom is 0.270 e. The molecule has 0 aliphatic heterocycles. The van der Waals surface area contributed by atoms with Gasteiger partial charge in [0.05, 0.1) is 6.04 Å². The minimum absolute atomic E-state index is 0.0675. The number of rotatable bonds is 6. The van der Waals surface area contributed by atoms with E-state index in [1.807, 2.05) is 38.4 Å². The zero-order chi connectivity index (χ0) is 16.1. The molecule has 1 atom stereocenters. The smallest absolute Gasteiger partial charge is 0.270 e. The quantitative estimate of drug-likeness (QED) is 0.889. The van der Waals surface area contributed by atoms with Gasteiger partial charge in [0.1, 0.15) is 5.69 Å². The lowest BCUT2D eigenvalue weighted by molar-refractivity contribution is 0.0923. The van der Waals surface area contributed by atoms with E-state index in [4.69, 9.17) is 11.6 Å². The van der Waals surface area contributed by atoms with E-state index in [0.717, 1.165) is 18.5 Å². The van der Waals surface area contributed by atoms with Crippen LogP contribution in [0.4, 0.5) is 0 Å². The molecule has 0 bridgehead atoms. The summed E-state index contributed by atoms with van der Waals surface area (Å²) in [6.07, 6.45) is 2.43. The molecule has 2 aromatic rings. The average Bonchev–Trinajstić information content (AvgIpc) is 2.90. The van der Waals surface area contributed by atoms with Crippen LogP contribution in [0.15, 0.2) is 36.5 Å². The van der Waals surface area contributed by atoms with Crippen LogP contribution in [0.5, 0.6) is 0 Å². The van der Waals surface area contributed by atoms with E-state index in [1.54, 1.807) is 24.0 Å². The summed E-state index contributed by atoms with van der Waals surface area (Å²) in [6.45, 7) is 0.874. The van der Waals surface area contributed by atoms with Gasteiger partial charge in [0.15, 0.2) is 0 Å². The number of aryl methyl sites for hydroxylation is 1. The highest BCUT2D eigenvalue weighted by molar-refractivity contribution is 6.30. The summed E-state index contributed by atoms with van der Waals surface area (Å²) in [5, 5.41) is 7.80. The minimum Gasteiger partial charge on any atom is -0.344 e. The Kier molecular flexibility index (Phi) is 5.57. The molecular weight excluding hydrogens is 300 g/mol. The van der Waals surface area contributed by atoms with Crippen LogP contribution in [0.1, 0.15) is 28.5 Å². The second kappa shape index (κ2) is 7.42. The van der Waals surface area contributed by atoms with E-state index in [2.05, 4.69) is 15.3 Å². The summed E-state index contributed by atoms with van der Waals surface area (Å²) in [4.78, 5) is 14.5. The summed E-state index contributed by atoms with van der Waals surface area (Å²) in [7, 11) is 5.79. The van der Waals surface area contributed by atoms with Gasteiger partial charge in [-0.25, -0.2) is 0 Å². The fraction of sp³-hybridized carbons (Fsp3) is 0.375. The third-order valence-electron chi connectivity index (χ3n) is 3.50. The SMILES string of the molecule is CN(C)CCC(NC(=O)c1ccnn1C)c1ccc(Cl)cc1. The Balaban J connectivity index is 2.15. The van der Waals surface area contributed by atoms with E-state index < -0.39 is 0 Å². The molecule has 5 nitrogen and oxygen atoms in total. The van der Waals surface area contributed by atoms with Gasteiger partial charge in [0.25, 0.3) is 5.91 Å². The van der Waals surface area contributed by atoms with Crippen LogP contribution in [-0.4, -0.2) is 41.2 Å². The number of carbonyl (C=O) groups is 1.